The zero-order valence-corrected chi connectivity index (χ0v) is 10.2. The second-order valence-corrected chi connectivity index (χ2v) is 4.38. The van der Waals surface area contributed by atoms with E-state index in [2.05, 4.69) is 0 Å². The van der Waals surface area contributed by atoms with Crippen LogP contribution in [0.3, 0.4) is 0 Å². The molecule has 0 N–H and O–H groups in total. The fraction of sp³-hybridized carbons (Fsp3) is 0.333. The van der Waals surface area contributed by atoms with E-state index in [4.69, 9.17) is 16.3 Å². The van der Waals surface area contributed by atoms with Crippen LogP contribution in [-0.4, -0.2) is 6.10 Å². The van der Waals surface area contributed by atoms with Crippen molar-refractivity contribution in [3.05, 3.63) is 26.5 Å². The van der Waals surface area contributed by atoms with Gasteiger partial charge in [0.25, 0.3) is 0 Å². The van der Waals surface area contributed by atoms with E-state index in [9.17, 15) is 4.39 Å². The maximum atomic E-state index is 13.4. The van der Waals surface area contributed by atoms with Crippen molar-refractivity contribution in [2.45, 2.75) is 20.0 Å². The molecule has 1 aromatic rings. The molecule has 1 nitrogen and oxygen atoms in total. The summed E-state index contributed by atoms with van der Waals surface area (Å²) in [6.45, 7) is 3.68. The highest BCUT2D eigenvalue weighted by Gasteiger charge is 2.11. The first-order valence-corrected chi connectivity index (χ1v) is 5.28. The van der Waals surface area contributed by atoms with Gasteiger partial charge in [-0.2, -0.15) is 0 Å². The van der Waals surface area contributed by atoms with Gasteiger partial charge >= 0.3 is 0 Å². The summed E-state index contributed by atoms with van der Waals surface area (Å²) in [5, 5.41) is 0.124. The Morgan fingerprint density at radius 3 is 2.62 bits per heavy atom. The van der Waals surface area contributed by atoms with Gasteiger partial charge in [0, 0.05) is 3.57 Å². The highest BCUT2D eigenvalue weighted by Crippen LogP contribution is 2.29. The minimum Gasteiger partial charge on any atom is -0.488 e. The van der Waals surface area contributed by atoms with Gasteiger partial charge in [0.05, 0.1) is 11.1 Å². The van der Waals surface area contributed by atoms with Crippen LogP contribution in [-0.2, 0) is 0 Å². The number of benzene rings is 1. The number of rotatable bonds is 2. The molecular formula is C9H9ClFIO. The fourth-order valence-corrected chi connectivity index (χ4v) is 1.43. The maximum absolute atomic E-state index is 13.4. The molecule has 13 heavy (non-hydrogen) atoms. The Labute approximate surface area is 95.4 Å². The summed E-state index contributed by atoms with van der Waals surface area (Å²) in [7, 11) is 0. The summed E-state index contributed by atoms with van der Waals surface area (Å²) in [5.41, 5.74) is 0. The summed E-state index contributed by atoms with van der Waals surface area (Å²) in [4.78, 5) is 0. The standard InChI is InChI=1S/C9H9ClFIO/c1-5(2)13-7-4-3-6(12)8(10)9(7)11/h3-5H,1-2H3. The van der Waals surface area contributed by atoms with Gasteiger partial charge in [-0.1, -0.05) is 11.6 Å². The highest BCUT2D eigenvalue weighted by atomic mass is 127. The first-order chi connectivity index (χ1) is 6.02. The van der Waals surface area contributed by atoms with E-state index in [-0.39, 0.29) is 16.9 Å². The summed E-state index contributed by atoms with van der Waals surface area (Å²) in [5.74, 6) is -0.275. The van der Waals surface area contributed by atoms with E-state index < -0.39 is 5.82 Å². The molecule has 1 rings (SSSR count). The molecule has 0 aliphatic rings. The highest BCUT2D eigenvalue weighted by molar-refractivity contribution is 14.1. The van der Waals surface area contributed by atoms with E-state index in [1.54, 1.807) is 12.1 Å². The molecule has 0 aliphatic carbocycles. The lowest BCUT2D eigenvalue weighted by Gasteiger charge is -2.11. The van der Waals surface area contributed by atoms with Crippen LogP contribution in [0.1, 0.15) is 13.8 Å². The van der Waals surface area contributed by atoms with Crippen molar-refractivity contribution < 1.29 is 9.13 Å². The Balaban J connectivity index is 3.04. The van der Waals surface area contributed by atoms with Crippen molar-refractivity contribution in [1.82, 2.24) is 0 Å². The van der Waals surface area contributed by atoms with Crippen LogP contribution in [0.2, 0.25) is 5.02 Å². The normalized spacial score (nSPS) is 10.6. The molecule has 0 radical (unpaired) electrons. The lowest BCUT2D eigenvalue weighted by atomic mass is 10.3. The van der Waals surface area contributed by atoms with Crippen LogP contribution in [0.5, 0.6) is 5.75 Å². The summed E-state index contributed by atoms with van der Waals surface area (Å²) in [6, 6.07) is 3.31. The Morgan fingerprint density at radius 1 is 1.46 bits per heavy atom. The smallest absolute Gasteiger partial charge is 0.184 e. The van der Waals surface area contributed by atoms with Crippen molar-refractivity contribution in [1.29, 1.82) is 0 Å². The zero-order chi connectivity index (χ0) is 10.0. The van der Waals surface area contributed by atoms with Gasteiger partial charge in [-0.15, -0.1) is 0 Å². The van der Waals surface area contributed by atoms with Gasteiger partial charge in [-0.05, 0) is 48.6 Å². The SMILES string of the molecule is CC(C)Oc1ccc(I)c(Cl)c1F. The van der Waals surface area contributed by atoms with E-state index in [0.29, 0.717) is 3.57 Å². The number of ether oxygens (including phenoxy) is 1. The summed E-state index contributed by atoms with van der Waals surface area (Å²) < 4.78 is 19.3. The molecule has 0 aliphatic heterocycles. The maximum Gasteiger partial charge on any atom is 0.184 e. The van der Waals surface area contributed by atoms with Crippen LogP contribution < -0.4 is 4.74 Å². The van der Waals surface area contributed by atoms with E-state index in [1.165, 1.54) is 0 Å². The number of halogens is 3. The topological polar surface area (TPSA) is 9.23 Å². The predicted molar refractivity (Wildman–Crippen MR) is 59.9 cm³/mol. The summed E-state index contributed by atoms with van der Waals surface area (Å²) in [6.07, 6.45) is -0.0503. The van der Waals surface area contributed by atoms with Crippen LogP contribution >= 0.6 is 34.2 Å². The molecule has 72 valence electrons. The molecule has 0 unspecified atom stereocenters. The second kappa shape index (κ2) is 4.46. The van der Waals surface area contributed by atoms with E-state index in [1.807, 2.05) is 36.4 Å². The Kier molecular flexibility index (Phi) is 3.79. The third kappa shape index (κ3) is 2.71. The minimum absolute atomic E-state index is 0.0503. The van der Waals surface area contributed by atoms with E-state index >= 15 is 0 Å². The van der Waals surface area contributed by atoms with Gasteiger partial charge in [0.1, 0.15) is 0 Å². The fourth-order valence-electron chi connectivity index (χ4n) is 0.853. The lowest BCUT2D eigenvalue weighted by molar-refractivity contribution is 0.231. The van der Waals surface area contributed by atoms with Gasteiger partial charge < -0.3 is 4.74 Å². The van der Waals surface area contributed by atoms with Crippen LogP contribution in [0, 0.1) is 9.39 Å². The third-order valence-corrected chi connectivity index (χ3v) is 2.95. The lowest BCUT2D eigenvalue weighted by Crippen LogP contribution is -2.07. The van der Waals surface area contributed by atoms with Gasteiger partial charge in [0.15, 0.2) is 11.6 Å². The molecule has 0 saturated heterocycles. The molecule has 4 heteroatoms. The van der Waals surface area contributed by atoms with Crippen LogP contribution in [0.25, 0.3) is 0 Å². The Hall–Kier alpha value is -0.0300. The minimum atomic E-state index is -0.484. The molecule has 0 aromatic heterocycles. The zero-order valence-electron chi connectivity index (χ0n) is 7.27. The average Bonchev–Trinajstić information content (AvgIpc) is 2.06. The molecule has 0 amide bonds. The second-order valence-electron chi connectivity index (χ2n) is 2.84. The predicted octanol–water partition coefficient (Wildman–Crippen LogP) is 3.87. The molecule has 0 saturated carbocycles. The van der Waals surface area contributed by atoms with Gasteiger partial charge in [-0.3, -0.25) is 0 Å². The molecular weight excluding hydrogens is 305 g/mol. The largest absolute Gasteiger partial charge is 0.488 e. The number of hydrogen-bond donors (Lipinski definition) is 0. The van der Waals surface area contributed by atoms with E-state index in [0.717, 1.165) is 0 Å². The molecule has 1 aromatic carbocycles. The van der Waals surface area contributed by atoms with Crippen molar-refractivity contribution in [3.8, 4) is 5.75 Å². The molecule has 0 bridgehead atoms. The molecule has 0 atom stereocenters. The Bertz CT molecular complexity index is 315. The summed E-state index contributed by atoms with van der Waals surface area (Å²) >= 11 is 7.68. The quantitative estimate of drug-likeness (QED) is 0.595. The van der Waals surface area contributed by atoms with Crippen molar-refractivity contribution in [2.75, 3.05) is 0 Å². The van der Waals surface area contributed by atoms with Crippen molar-refractivity contribution in [3.63, 3.8) is 0 Å². The average molecular weight is 315 g/mol. The molecule has 0 spiro atoms. The van der Waals surface area contributed by atoms with Crippen LogP contribution in [0.15, 0.2) is 12.1 Å². The van der Waals surface area contributed by atoms with Crippen molar-refractivity contribution in [2.24, 2.45) is 0 Å². The number of hydrogen-bond acceptors (Lipinski definition) is 1. The molecule has 0 fully saturated rings. The Morgan fingerprint density at radius 2 is 2.08 bits per heavy atom. The molecule has 0 heterocycles. The van der Waals surface area contributed by atoms with Crippen molar-refractivity contribution >= 4 is 34.2 Å². The van der Waals surface area contributed by atoms with Gasteiger partial charge in [0.2, 0.25) is 0 Å². The first-order valence-electron chi connectivity index (χ1n) is 3.82. The van der Waals surface area contributed by atoms with Crippen LogP contribution in [0.4, 0.5) is 4.39 Å². The third-order valence-electron chi connectivity index (χ3n) is 1.36. The van der Waals surface area contributed by atoms with Gasteiger partial charge in [-0.25, -0.2) is 4.39 Å². The monoisotopic (exact) mass is 314 g/mol. The first kappa shape index (κ1) is 11.0.